The van der Waals surface area contributed by atoms with Crippen molar-refractivity contribution >= 4 is 22.3 Å². The van der Waals surface area contributed by atoms with Crippen LogP contribution in [0, 0.1) is 0 Å². The standard InChI is InChI=1S/C16H23NO2S/c1-10-6-5-9-12-13(10)14(15(17)20-12)16(18)19-11-7-3-2-4-8-11/h10-11H,2-9,17H2,1H3. The van der Waals surface area contributed by atoms with Crippen molar-refractivity contribution in [3.63, 3.8) is 0 Å². The van der Waals surface area contributed by atoms with Crippen molar-refractivity contribution in [3.8, 4) is 0 Å². The topological polar surface area (TPSA) is 52.3 Å². The van der Waals surface area contributed by atoms with Crippen LogP contribution in [0.3, 0.4) is 0 Å². The Morgan fingerprint density at radius 1 is 1.20 bits per heavy atom. The highest BCUT2D eigenvalue weighted by Crippen LogP contribution is 2.42. The third kappa shape index (κ3) is 2.58. The summed E-state index contributed by atoms with van der Waals surface area (Å²) in [5.41, 5.74) is 7.97. The Balaban J connectivity index is 1.82. The average Bonchev–Trinajstić information content (AvgIpc) is 2.77. The number of thiophene rings is 1. The lowest BCUT2D eigenvalue weighted by Gasteiger charge is -2.23. The molecule has 1 unspecified atom stereocenters. The van der Waals surface area contributed by atoms with Crippen molar-refractivity contribution in [2.45, 2.75) is 70.3 Å². The fourth-order valence-electron chi connectivity index (χ4n) is 3.53. The van der Waals surface area contributed by atoms with Crippen LogP contribution < -0.4 is 5.73 Å². The Morgan fingerprint density at radius 3 is 2.70 bits per heavy atom. The lowest BCUT2D eigenvalue weighted by Crippen LogP contribution is -2.22. The summed E-state index contributed by atoms with van der Waals surface area (Å²) < 4.78 is 5.72. The Morgan fingerprint density at radius 2 is 1.95 bits per heavy atom. The number of nitrogens with two attached hydrogens (primary N) is 1. The van der Waals surface area contributed by atoms with Gasteiger partial charge in [-0.05, 0) is 56.4 Å². The number of carbonyl (C=O) groups is 1. The number of hydrogen-bond acceptors (Lipinski definition) is 4. The first-order valence-corrected chi connectivity index (χ1v) is 8.60. The molecule has 1 fully saturated rings. The monoisotopic (exact) mass is 293 g/mol. The average molecular weight is 293 g/mol. The normalized spacial score (nSPS) is 23.4. The predicted octanol–water partition coefficient (Wildman–Crippen LogP) is 4.26. The summed E-state index contributed by atoms with van der Waals surface area (Å²) >= 11 is 1.59. The molecule has 0 amide bonds. The van der Waals surface area contributed by atoms with Crippen LogP contribution in [0.25, 0.3) is 0 Å². The van der Waals surface area contributed by atoms with Gasteiger partial charge in [0.2, 0.25) is 0 Å². The van der Waals surface area contributed by atoms with Gasteiger partial charge in [-0.2, -0.15) is 0 Å². The van der Waals surface area contributed by atoms with Gasteiger partial charge in [-0.1, -0.05) is 13.3 Å². The molecule has 0 aliphatic heterocycles. The zero-order valence-electron chi connectivity index (χ0n) is 12.1. The number of esters is 1. The van der Waals surface area contributed by atoms with E-state index < -0.39 is 0 Å². The molecule has 1 heterocycles. The van der Waals surface area contributed by atoms with Gasteiger partial charge >= 0.3 is 5.97 Å². The number of aryl methyl sites for hydroxylation is 1. The fourth-order valence-corrected chi connectivity index (χ4v) is 4.76. The molecule has 1 atom stereocenters. The van der Waals surface area contributed by atoms with Crippen molar-refractivity contribution in [1.29, 1.82) is 0 Å². The molecule has 0 radical (unpaired) electrons. The summed E-state index contributed by atoms with van der Waals surface area (Å²) in [6.07, 6.45) is 9.13. The first kappa shape index (κ1) is 13.9. The van der Waals surface area contributed by atoms with Crippen molar-refractivity contribution in [3.05, 3.63) is 16.0 Å². The third-order valence-corrected chi connectivity index (χ3v) is 5.71. The van der Waals surface area contributed by atoms with Crippen LogP contribution in [0.15, 0.2) is 0 Å². The second-order valence-corrected chi connectivity index (χ2v) is 7.27. The Labute approximate surface area is 124 Å². The smallest absolute Gasteiger partial charge is 0.341 e. The number of hydrogen-bond donors (Lipinski definition) is 1. The molecule has 0 bridgehead atoms. The van der Waals surface area contributed by atoms with Crippen LogP contribution in [0.2, 0.25) is 0 Å². The maximum absolute atomic E-state index is 12.5. The lowest BCUT2D eigenvalue weighted by molar-refractivity contribution is 0.0211. The van der Waals surface area contributed by atoms with E-state index in [0.717, 1.165) is 25.7 Å². The molecular weight excluding hydrogens is 270 g/mol. The molecule has 2 aliphatic rings. The fraction of sp³-hybridized carbons (Fsp3) is 0.688. The molecule has 2 N–H and O–H groups in total. The minimum Gasteiger partial charge on any atom is -0.459 e. The number of ether oxygens (including phenoxy) is 1. The number of anilines is 1. The number of nitrogen functional groups attached to an aromatic ring is 1. The van der Waals surface area contributed by atoms with Gasteiger partial charge in [0, 0.05) is 4.88 Å². The molecule has 0 spiro atoms. The second-order valence-electron chi connectivity index (χ2n) is 6.14. The highest BCUT2D eigenvalue weighted by molar-refractivity contribution is 7.16. The van der Waals surface area contributed by atoms with Crippen molar-refractivity contribution in [2.24, 2.45) is 0 Å². The molecule has 2 aliphatic carbocycles. The van der Waals surface area contributed by atoms with Crippen LogP contribution >= 0.6 is 11.3 Å². The van der Waals surface area contributed by atoms with Gasteiger partial charge in [0.1, 0.15) is 11.1 Å². The second kappa shape index (κ2) is 5.76. The highest BCUT2D eigenvalue weighted by atomic mass is 32.1. The van der Waals surface area contributed by atoms with Crippen LogP contribution in [-0.4, -0.2) is 12.1 Å². The van der Waals surface area contributed by atoms with E-state index in [1.807, 2.05) is 0 Å². The first-order valence-electron chi connectivity index (χ1n) is 7.79. The first-order chi connectivity index (χ1) is 9.66. The van der Waals surface area contributed by atoms with Crippen molar-refractivity contribution in [1.82, 2.24) is 0 Å². The van der Waals surface area contributed by atoms with Crippen molar-refractivity contribution < 1.29 is 9.53 Å². The van der Waals surface area contributed by atoms with Crippen LogP contribution in [0.5, 0.6) is 0 Å². The van der Waals surface area contributed by atoms with E-state index in [0.29, 0.717) is 16.5 Å². The van der Waals surface area contributed by atoms with Gasteiger partial charge in [-0.3, -0.25) is 0 Å². The number of fused-ring (bicyclic) bond motifs is 1. The van der Waals surface area contributed by atoms with E-state index in [9.17, 15) is 4.79 Å². The van der Waals surface area contributed by atoms with Crippen molar-refractivity contribution in [2.75, 3.05) is 5.73 Å². The van der Waals surface area contributed by atoms with E-state index in [1.54, 1.807) is 11.3 Å². The molecule has 1 aromatic rings. The van der Waals surface area contributed by atoms with Gasteiger partial charge in [-0.15, -0.1) is 11.3 Å². The summed E-state index contributed by atoms with van der Waals surface area (Å²) in [4.78, 5) is 13.8. The Kier molecular flexibility index (Phi) is 4.01. The molecule has 20 heavy (non-hydrogen) atoms. The molecule has 1 aromatic heterocycles. The van der Waals surface area contributed by atoms with E-state index in [1.165, 1.54) is 36.1 Å². The molecule has 3 rings (SSSR count). The summed E-state index contributed by atoms with van der Waals surface area (Å²) in [5.74, 6) is 0.252. The van der Waals surface area contributed by atoms with Crippen LogP contribution in [-0.2, 0) is 11.2 Å². The molecule has 110 valence electrons. The highest BCUT2D eigenvalue weighted by Gasteiger charge is 2.30. The van der Waals surface area contributed by atoms with Gasteiger partial charge < -0.3 is 10.5 Å². The Hall–Kier alpha value is -1.03. The molecule has 0 saturated heterocycles. The van der Waals surface area contributed by atoms with Crippen LogP contribution in [0.1, 0.15) is 78.6 Å². The quantitative estimate of drug-likeness (QED) is 0.829. The summed E-state index contributed by atoms with van der Waals surface area (Å²) in [5, 5.41) is 0.657. The number of rotatable bonds is 2. The summed E-state index contributed by atoms with van der Waals surface area (Å²) in [6, 6.07) is 0. The predicted molar refractivity (Wildman–Crippen MR) is 82.4 cm³/mol. The van der Waals surface area contributed by atoms with Gasteiger partial charge in [0.05, 0.1) is 5.56 Å². The van der Waals surface area contributed by atoms with Gasteiger partial charge in [0.15, 0.2) is 0 Å². The van der Waals surface area contributed by atoms with E-state index >= 15 is 0 Å². The molecular formula is C16H23NO2S. The maximum atomic E-state index is 12.5. The third-order valence-electron chi connectivity index (χ3n) is 4.61. The molecule has 1 saturated carbocycles. The number of carbonyl (C=O) groups excluding carboxylic acids is 1. The lowest BCUT2D eigenvalue weighted by atomic mass is 9.86. The minimum atomic E-state index is -0.180. The van der Waals surface area contributed by atoms with E-state index in [-0.39, 0.29) is 12.1 Å². The summed E-state index contributed by atoms with van der Waals surface area (Å²) in [7, 11) is 0. The van der Waals surface area contributed by atoms with E-state index in [4.69, 9.17) is 10.5 Å². The van der Waals surface area contributed by atoms with Crippen LogP contribution in [0.4, 0.5) is 5.00 Å². The summed E-state index contributed by atoms with van der Waals surface area (Å²) in [6.45, 7) is 2.20. The van der Waals surface area contributed by atoms with E-state index in [2.05, 4.69) is 6.92 Å². The van der Waals surface area contributed by atoms with Gasteiger partial charge in [-0.25, -0.2) is 4.79 Å². The zero-order chi connectivity index (χ0) is 14.1. The molecule has 3 nitrogen and oxygen atoms in total. The molecule has 4 heteroatoms. The Bertz CT molecular complexity index is 503. The van der Waals surface area contributed by atoms with Gasteiger partial charge in [0.25, 0.3) is 0 Å². The maximum Gasteiger partial charge on any atom is 0.341 e. The molecule has 0 aromatic carbocycles. The zero-order valence-corrected chi connectivity index (χ0v) is 12.9. The SMILES string of the molecule is CC1CCCc2sc(N)c(C(=O)OC3CCCCC3)c21. The largest absolute Gasteiger partial charge is 0.459 e. The minimum absolute atomic E-state index is 0.102.